The molecule has 1 N–H and O–H groups in total. The maximum Gasteiger partial charge on any atom is 0.125 e. The van der Waals surface area contributed by atoms with Gasteiger partial charge in [0, 0.05) is 18.3 Å². The number of terminal acetylenes is 1. The summed E-state index contributed by atoms with van der Waals surface area (Å²) >= 11 is 0. The zero-order chi connectivity index (χ0) is 11.4. The van der Waals surface area contributed by atoms with Gasteiger partial charge in [0.25, 0.3) is 0 Å². The number of rotatable bonds is 3. The van der Waals surface area contributed by atoms with Crippen LogP contribution in [0.25, 0.3) is 0 Å². The van der Waals surface area contributed by atoms with Crippen molar-refractivity contribution in [3.05, 3.63) is 17.0 Å². The highest BCUT2D eigenvalue weighted by molar-refractivity contribution is 5.32. The smallest absolute Gasteiger partial charge is 0.125 e. The molecule has 0 spiro atoms. The summed E-state index contributed by atoms with van der Waals surface area (Å²) in [5, 5.41) is 16.3. The van der Waals surface area contributed by atoms with Gasteiger partial charge >= 0.3 is 0 Å². The number of hydrogen-bond donors (Lipinski definition) is 1. The van der Waals surface area contributed by atoms with Gasteiger partial charge in [0.2, 0.25) is 0 Å². The number of aromatic nitrogens is 2. The van der Waals surface area contributed by atoms with Crippen molar-refractivity contribution in [3.8, 4) is 18.4 Å². The van der Waals surface area contributed by atoms with E-state index in [2.05, 4.69) is 22.4 Å². The van der Waals surface area contributed by atoms with Crippen molar-refractivity contribution in [2.75, 3.05) is 6.54 Å². The van der Waals surface area contributed by atoms with E-state index in [9.17, 15) is 0 Å². The normalized spacial score (nSPS) is 11.8. The molecule has 1 aromatic heterocycles. The molecule has 4 heteroatoms. The van der Waals surface area contributed by atoms with E-state index in [1.54, 1.807) is 4.68 Å². The molecule has 0 aliphatic heterocycles. The Morgan fingerprint density at radius 3 is 2.67 bits per heavy atom. The summed E-state index contributed by atoms with van der Waals surface area (Å²) in [6.07, 6.45) is 5.15. The van der Waals surface area contributed by atoms with E-state index in [1.807, 2.05) is 20.9 Å². The highest BCUT2D eigenvalue weighted by Crippen LogP contribution is 2.20. The lowest BCUT2D eigenvalue weighted by Gasteiger charge is -2.09. The van der Waals surface area contributed by atoms with E-state index >= 15 is 0 Å². The zero-order valence-electron chi connectivity index (χ0n) is 9.20. The highest BCUT2D eigenvalue weighted by Gasteiger charge is 2.18. The van der Waals surface area contributed by atoms with E-state index in [0.717, 1.165) is 17.0 Å². The first-order valence-electron chi connectivity index (χ1n) is 4.68. The fourth-order valence-corrected chi connectivity index (χ4v) is 1.58. The van der Waals surface area contributed by atoms with Crippen molar-refractivity contribution in [1.29, 1.82) is 5.26 Å². The van der Waals surface area contributed by atoms with Gasteiger partial charge in [0.05, 0.1) is 18.3 Å². The third-order valence-electron chi connectivity index (χ3n) is 2.39. The molecule has 1 atom stereocenters. The molecule has 0 saturated heterocycles. The van der Waals surface area contributed by atoms with Crippen molar-refractivity contribution in [2.24, 2.45) is 7.05 Å². The van der Waals surface area contributed by atoms with Crippen molar-refractivity contribution in [1.82, 2.24) is 15.1 Å². The van der Waals surface area contributed by atoms with Crippen LogP contribution in [0, 0.1) is 37.5 Å². The van der Waals surface area contributed by atoms with Crippen molar-refractivity contribution >= 4 is 0 Å². The van der Waals surface area contributed by atoms with Crippen LogP contribution in [-0.4, -0.2) is 16.3 Å². The average Bonchev–Trinajstić information content (AvgIpc) is 2.45. The van der Waals surface area contributed by atoms with Crippen LogP contribution in [0.15, 0.2) is 0 Å². The summed E-state index contributed by atoms with van der Waals surface area (Å²) < 4.78 is 1.77. The molecule has 0 bridgehead atoms. The predicted octanol–water partition coefficient (Wildman–Crippen LogP) is 0.824. The van der Waals surface area contributed by atoms with Crippen LogP contribution in [0.3, 0.4) is 0 Å². The maximum atomic E-state index is 9.05. The molecule has 15 heavy (non-hydrogen) atoms. The second-order valence-corrected chi connectivity index (χ2v) is 3.36. The molecule has 78 valence electrons. The topological polar surface area (TPSA) is 53.6 Å². The molecule has 1 rings (SSSR count). The maximum absolute atomic E-state index is 9.05. The third kappa shape index (κ3) is 2.18. The molecule has 4 nitrogen and oxygen atoms in total. The van der Waals surface area contributed by atoms with Crippen molar-refractivity contribution in [2.45, 2.75) is 19.9 Å². The molecule has 1 aromatic rings. The second kappa shape index (κ2) is 4.63. The lowest BCUT2D eigenvalue weighted by molar-refractivity contribution is 0.678. The standard InChI is InChI=1S/C11H14N4/c1-5-6-13-10(7-12)11-8(2)14-15(4)9(11)3/h1,10,13H,6H2,2-4H3. The Bertz CT molecular complexity index is 431. The van der Waals surface area contributed by atoms with Crippen LogP contribution in [0.1, 0.15) is 23.0 Å². The molecule has 0 amide bonds. The lowest BCUT2D eigenvalue weighted by Crippen LogP contribution is -2.21. The third-order valence-corrected chi connectivity index (χ3v) is 2.39. The van der Waals surface area contributed by atoms with Crippen LogP contribution in [-0.2, 0) is 7.05 Å². The molecule has 0 fully saturated rings. The van der Waals surface area contributed by atoms with Crippen LogP contribution in [0.4, 0.5) is 0 Å². The van der Waals surface area contributed by atoms with Gasteiger partial charge in [-0.05, 0) is 13.8 Å². The van der Waals surface area contributed by atoms with Gasteiger partial charge in [-0.15, -0.1) is 6.42 Å². The second-order valence-electron chi connectivity index (χ2n) is 3.36. The summed E-state index contributed by atoms with van der Waals surface area (Å²) in [4.78, 5) is 0. The minimum absolute atomic E-state index is 0.380. The Morgan fingerprint density at radius 2 is 2.27 bits per heavy atom. The van der Waals surface area contributed by atoms with Crippen LogP contribution < -0.4 is 5.32 Å². The molecule has 0 aromatic carbocycles. The largest absolute Gasteiger partial charge is 0.287 e. The van der Waals surface area contributed by atoms with E-state index in [4.69, 9.17) is 11.7 Å². The molecule has 0 saturated carbocycles. The molecule has 1 unspecified atom stereocenters. The van der Waals surface area contributed by atoms with Gasteiger partial charge < -0.3 is 0 Å². The van der Waals surface area contributed by atoms with E-state index in [-0.39, 0.29) is 6.04 Å². The first kappa shape index (κ1) is 11.3. The molecular formula is C11H14N4. The summed E-state index contributed by atoms with van der Waals surface area (Å²) in [5.74, 6) is 2.46. The van der Waals surface area contributed by atoms with E-state index in [0.29, 0.717) is 6.54 Å². The van der Waals surface area contributed by atoms with Gasteiger partial charge in [-0.1, -0.05) is 5.92 Å². The average molecular weight is 202 g/mol. The summed E-state index contributed by atoms with van der Waals surface area (Å²) in [5.41, 5.74) is 2.78. The van der Waals surface area contributed by atoms with Gasteiger partial charge in [-0.3, -0.25) is 10.00 Å². The van der Waals surface area contributed by atoms with E-state index < -0.39 is 0 Å². The Morgan fingerprint density at radius 1 is 1.60 bits per heavy atom. The van der Waals surface area contributed by atoms with Gasteiger partial charge in [-0.2, -0.15) is 10.4 Å². The van der Waals surface area contributed by atoms with Gasteiger partial charge in [-0.25, -0.2) is 0 Å². The number of hydrogen-bond acceptors (Lipinski definition) is 3. The Hall–Kier alpha value is -1.78. The molecule has 0 aliphatic rings. The zero-order valence-corrected chi connectivity index (χ0v) is 9.20. The number of nitrogens with zero attached hydrogens (tertiary/aromatic N) is 3. The Labute approximate surface area is 89.9 Å². The monoisotopic (exact) mass is 202 g/mol. The summed E-state index contributed by atoms with van der Waals surface area (Å²) in [6.45, 7) is 4.22. The van der Waals surface area contributed by atoms with Crippen molar-refractivity contribution < 1.29 is 0 Å². The molecule has 1 heterocycles. The number of nitrogens with one attached hydrogen (secondary N) is 1. The SMILES string of the molecule is C#CCNC(C#N)c1c(C)nn(C)c1C. The van der Waals surface area contributed by atoms with E-state index in [1.165, 1.54) is 0 Å². The molecule has 0 radical (unpaired) electrons. The summed E-state index contributed by atoms with van der Waals surface area (Å²) in [7, 11) is 1.86. The first-order chi connectivity index (χ1) is 7.11. The predicted molar refractivity (Wildman–Crippen MR) is 57.9 cm³/mol. The Kier molecular flexibility index (Phi) is 3.49. The fourth-order valence-electron chi connectivity index (χ4n) is 1.58. The number of nitriles is 1. The van der Waals surface area contributed by atoms with Crippen LogP contribution in [0.2, 0.25) is 0 Å². The van der Waals surface area contributed by atoms with Crippen LogP contribution >= 0.6 is 0 Å². The minimum atomic E-state index is -0.380. The molecule has 0 aliphatic carbocycles. The van der Waals surface area contributed by atoms with Crippen LogP contribution in [0.5, 0.6) is 0 Å². The minimum Gasteiger partial charge on any atom is -0.287 e. The number of aryl methyl sites for hydroxylation is 2. The van der Waals surface area contributed by atoms with Crippen molar-refractivity contribution in [3.63, 3.8) is 0 Å². The molecular weight excluding hydrogens is 188 g/mol. The lowest BCUT2D eigenvalue weighted by atomic mass is 10.1. The highest BCUT2D eigenvalue weighted by atomic mass is 15.3. The fraction of sp³-hybridized carbons (Fsp3) is 0.455. The first-order valence-corrected chi connectivity index (χ1v) is 4.68. The van der Waals surface area contributed by atoms with Gasteiger partial charge in [0.1, 0.15) is 6.04 Å². The Balaban J connectivity index is 3.03. The van der Waals surface area contributed by atoms with Gasteiger partial charge in [0.15, 0.2) is 0 Å². The quantitative estimate of drug-likeness (QED) is 0.738. The summed E-state index contributed by atoms with van der Waals surface area (Å²) in [6, 6.07) is 1.81.